The molecule has 2 rings (SSSR count). The normalized spacial score (nSPS) is 15.1. The van der Waals surface area contributed by atoms with Crippen LogP contribution in [0.15, 0.2) is 10.6 Å². The van der Waals surface area contributed by atoms with Gasteiger partial charge in [0.15, 0.2) is 0 Å². The third kappa shape index (κ3) is 2.74. The van der Waals surface area contributed by atoms with Crippen LogP contribution in [-0.2, 0) is 11.3 Å². The van der Waals surface area contributed by atoms with Crippen LogP contribution >= 0.6 is 12.4 Å². The lowest BCUT2D eigenvalue weighted by molar-refractivity contribution is -0.136. The molecule has 1 aromatic heterocycles. The van der Waals surface area contributed by atoms with Gasteiger partial charge in [-0.05, 0) is 6.92 Å². The van der Waals surface area contributed by atoms with Gasteiger partial charge < -0.3 is 14.7 Å². The van der Waals surface area contributed by atoms with Crippen molar-refractivity contribution in [2.75, 3.05) is 20.1 Å². The van der Waals surface area contributed by atoms with Gasteiger partial charge in [-0.3, -0.25) is 4.79 Å². The van der Waals surface area contributed by atoms with Crippen LogP contribution in [0.3, 0.4) is 0 Å². The Bertz CT molecular complexity index is 363. The van der Waals surface area contributed by atoms with Gasteiger partial charge in [0.25, 0.3) is 0 Å². The van der Waals surface area contributed by atoms with Gasteiger partial charge in [0.1, 0.15) is 11.5 Å². The first kappa shape index (κ1) is 13.0. The summed E-state index contributed by atoms with van der Waals surface area (Å²) in [5, 5.41) is 6.94. The maximum atomic E-state index is 11.8. The first-order valence-electron chi connectivity index (χ1n) is 5.04. The molecule has 5 nitrogen and oxygen atoms in total. The zero-order chi connectivity index (χ0) is 10.8. The molecular formula is C10H16ClN3O2. The van der Waals surface area contributed by atoms with Crippen LogP contribution in [0.2, 0.25) is 0 Å². The highest BCUT2D eigenvalue weighted by atomic mass is 35.5. The number of carbonyl (C=O) groups is 1. The van der Waals surface area contributed by atoms with Gasteiger partial charge in [0, 0.05) is 26.2 Å². The molecule has 1 fully saturated rings. The summed E-state index contributed by atoms with van der Waals surface area (Å²) in [5.74, 6) is 1.09. The van der Waals surface area contributed by atoms with E-state index in [1.807, 2.05) is 13.0 Å². The van der Waals surface area contributed by atoms with E-state index in [0.29, 0.717) is 6.54 Å². The third-order valence-electron chi connectivity index (χ3n) is 2.58. The fourth-order valence-electron chi connectivity index (χ4n) is 1.59. The van der Waals surface area contributed by atoms with E-state index in [4.69, 9.17) is 4.52 Å². The highest BCUT2D eigenvalue weighted by molar-refractivity contribution is 5.85. The SMILES string of the molecule is Cc1cc(CN(C)C(=O)C2CNC2)no1.Cl. The van der Waals surface area contributed by atoms with E-state index in [-0.39, 0.29) is 24.2 Å². The Balaban J connectivity index is 0.00000128. The summed E-state index contributed by atoms with van der Waals surface area (Å²) in [6.45, 7) is 3.95. The van der Waals surface area contributed by atoms with Crippen LogP contribution in [-0.4, -0.2) is 36.1 Å². The molecular weight excluding hydrogens is 230 g/mol. The number of aryl methyl sites for hydroxylation is 1. The molecule has 0 bridgehead atoms. The molecule has 1 aliphatic heterocycles. The van der Waals surface area contributed by atoms with Crippen molar-refractivity contribution in [3.05, 3.63) is 17.5 Å². The van der Waals surface area contributed by atoms with E-state index in [2.05, 4.69) is 10.5 Å². The van der Waals surface area contributed by atoms with Crippen molar-refractivity contribution in [2.45, 2.75) is 13.5 Å². The van der Waals surface area contributed by atoms with Crippen LogP contribution in [0.1, 0.15) is 11.5 Å². The third-order valence-corrected chi connectivity index (χ3v) is 2.58. The van der Waals surface area contributed by atoms with Crippen LogP contribution in [0.25, 0.3) is 0 Å². The number of nitrogens with one attached hydrogen (secondary N) is 1. The van der Waals surface area contributed by atoms with Crippen LogP contribution in [0.4, 0.5) is 0 Å². The predicted octanol–water partition coefficient (Wildman–Crippen LogP) is 0.583. The monoisotopic (exact) mass is 245 g/mol. The van der Waals surface area contributed by atoms with Crippen molar-refractivity contribution in [3.8, 4) is 0 Å². The first-order valence-corrected chi connectivity index (χ1v) is 5.04. The van der Waals surface area contributed by atoms with Crippen molar-refractivity contribution in [1.29, 1.82) is 0 Å². The summed E-state index contributed by atoms with van der Waals surface area (Å²) in [4.78, 5) is 13.5. The summed E-state index contributed by atoms with van der Waals surface area (Å²) in [6.07, 6.45) is 0. The lowest BCUT2D eigenvalue weighted by Gasteiger charge is -2.29. The Labute approximate surface area is 101 Å². The Hall–Kier alpha value is -1.07. The number of carbonyl (C=O) groups excluding carboxylic acids is 1. The van der Waals surface area contributed by atoms with E-state index in [1.54, 1.807) is 11.9 Å². The predicted molar refractivity (Wildman–Crippen MR) is 61.3 cm³/mol. The van der Waals surface area contributed by atoms with Gasteiger partial charge in [-0.2, -0.15) is 0 Å². The van der Waals surface area contributed by atoms with Crippen molar-refractivity contribution in [1.82, 2.24) is 15.4 Å². The molecule has 1 aliphatic rings. The van der Waals surface area contributed by atoms with Gasteiger partial charge in [-0.25, -0.2) is 0 Å². The summed E-state index contributed by atoms with van der Waals surface area (Å²) in [6, 6.07) is 1.85. The molecule has 1 aromatic rings. The Morgan fingerprint density at radius 1 is 1.69 bits per heavy atom. The average molecular weight is 246 g/mol. The van der Waals surface area contributed by atoms with Gasteiger partial charge in [0.2, 0.25) is 5.91 Å². The minimum absolute atomic E-state index is 0. The molecule has 0 unspecified atom stereocenters. The van der Waals surface area contributed by atoms with E-state index in [0.717, 1.165) is 24.5 Å². The summed E-state index contributed by atoms with van der Waals surface area (Å²) < 4.78 is 4.95. The van der Waals surface area contributed by atoms with Crippen LogP contribution in [0.5, 0.6) is 0 Å². The Morgan fingerprint density at radius 2 is 2.38 bits per heavy atom. The number of nitrogens with zero attached hydrogens (tertiary/aromatic N) is 2. The molecule has 6 heteroatoms. The van der Waals surface area contributed by atoms with E-state index >= 15 is 0 Å². The highest BCUT2D eigenvalue weighted by Crippen LogP contribution is 2.10. The largest absolute Gasteiger partial charge is 0.361 e. The first-order chi connectivity index (χ1) is 7.16. The molecule has 0 radical (unpaired) electrons. The summed E-state index contributed by atoms with van der Waals surface area (Å²) in [5.41, 5.74) is 0.802. The molecule has 0 spiro atoms. The molecule has 2 heterocycles. The molecule has 16 heavy (non-hydrogen) atoms. The molecule has 1 amide bonds. The van der Waals surface area contributed by atoms with E-state index in [1.165, 1.54) is 0 Å². The van der Waals surface area contributed by atoms with E-state index < -0.39 is 0 Å². The lowest BCUT2D eigenvalue weighted by Crippen LogP contribution is -2.51. The Kier molecular flexibility index (Phi) is 4.32. The van der Waals surface area contributed by atoms with Crippen LogP contribution in [0, 0.1) is 12.8 Å². The number of hydrogen-bond donors (Lipinski definition) is 1. The van der Waals surface area contributed by atoms with Gasteiger partial charge >= 0.3 is 0 Å². The molecule has 1 N–H and O–H groups in total. The maximum Gasteiger partial charge on any atom is 0.228 e. The zero-order valence-electron chi connectivity index (χ0n) is 9.40. The zero-order valence-corrected chi connectivity index (χ0v) is 10.2. The number of aromatic nitrogens is 1. The standard InChI is InChI=1S/C10H15N3O2.ClH/c1-7-3-9(12-15-7)6-13(2)10(14)8-4-11-5-8;/h3,8,11H,4-6H2,1-2H3;1H. The Morgan fingerprint density at radius 3 is 2.81 bits per heavy atom. The van der Waals surface area contributed by atoms with Gasteiger partial charge in [-0.1, -0.05) is 5.16 Å². The summed E-state index contributed by atoms with van der Waals surface area (Å²) in [7, 11) is 1.80. The molecule has 1 saturated heterocycles. The average Bonchev–Trinajstić information content (AvgIpc) is 2.48. The number of halogens is 1. The lowest BCUT2D eigenvalue weighted by atomic mass is 10.0. The second-order valence-electron chi connectivity index (χ2n) is 3.98. The van der Waals surface area contributed by atoms with Crippen LogP contribution < -0.4 is 5.32 Å². The minimum Gasteiger partial charge on any atom is -0.361 e. The fraction of sp³-hybridized carbons (Fsp3) is 0.600. The summed E-state index contributed by atoms with van der Waals surface area (Å²) >= 11 is 0. The topological polar surface area (TPSA) is 58.4 Å². The van der Waals surface area contributed by atoms with Crippen molar-refractivity contribution in [3.63, 3.8) is 0 Å². The molecule has 90 valence electrons. The maximum absolute atomic E-state index is 11.8. The van der Waals surface area contributed by atoms with Gasteiger partial charge in [-0.15, -0.1) is 12.4 Å². The number of amides is 1. The molecule has 0 atom stereocenters. The smallest absolute Gasteiger partial charge is 0.228 e. The van der Waals surface area contributed by atoms with Crippen molar-refractivity contribution in [2.24, 2.45) is 5.92 Å². The fourth-order valence-corrected chi connectivity index (χ4v) is 1.59. The second-order valence-corrected chi connectivity index (χ2v) is 3.98. The van der Waals surface area contributed by atoms with Gasteiger partial charge in [0.05, 0.1) is 12.5 Å². The van der Waals surface area contributed by atoms with Crippen molar-refractivity contribution < 1.29 is 9.32 Å². The molecule has 0 saturated carbocycles. The second kappa shape index (κ2) is 5.32. The number of rotatable bonds is 3. The highest BCUT2D eigenvalue weighted by Gasteiger charge is 2.27. The molecule has 0 aromatic carbocycles. The minimum atomic E-state index is 0. The number of hydrogen-bond acceptors (Lipinski definition) is 4. The quantitative estimate of drug-likeness (QED) is 0.847. The molecule has 0 aliphatic carbocycles. The van der Waals surface area contributed by atoms with Crippen molar-refractivity contribution >= 4 is 18.3 Å². The van der Waals surface area contributed by atoms with E-state index in [9.17, 15) is 4.79 Å².